The van der Waals surface area contributed by atoms with Crippen LogP contribution in [0.2, 0.25) is 0 Å². The summed E-state index contributed by atoms with van der Waals surface area (Å²) in [4.78, 5) is 13.4. The summed E-state index contributed by atoms with van der Waals surface area (Å²) in [6, 6.07) is 21.9. The Labute approximate surface area is 166 Å². The van der Waals surface area contributed by atoms with E-state index in [1.54, 1.807) is 12.1 Å². The van der Waals surface area contributed by atoms with Gasteiger partial charge in [-0.3, -0.25) is 4.90 Å². The average molecular weight is 388 g/mol. The number of ether oxygens (including phenoxy) is 1. The molecule has 1 aliphatic rings. The number of rotatable bonds is 3. The van der Waals surface area contributed by atoms with Crippen LogP contribution < -0.4 is 15.3 Å². The van der Waals surface area contributed by atoms with Crippen molar-refractivity contribution >= 4 is 11.0 Å². The van der Waals surface area contributed by atoms with Crippen LogP contribution in [-0.4, -0.2) is 6.73 Å². The van der Waals surface area contributed by atoms with E-state index in [9.17, 15) is 9.18 Å². The number of fused-ring (bicyclic) bond motifs is 3. The van der Waals surface area contributed by atoms with E-state index in [1.807, 2.05) is 48.5 Å². The molecule has 5 heteroatoms. The Morgan fingerprint density at radius 3 is 2.59 bits per heavy atom. The van der Waals surface area contributed by atoms with Crippen LogP contribution in [0.3, 0.4) is 0 Å². The topological polar surface area (TPSA) is 43.9 Å². The van der Waals surface area contributed by atoms with Crippen LogP contribution in [0.1, 0.15) is 11.1 Å². The highest BCUT2D eigenvalue weighted by Crippen LogP contribution is 2.34. The van der Waals surface area contributed by atoms with Crippen molar-refractivity contribution in [3.63, 3.8) is 0 Å². The van der Waals surface area contributed by atoms with E-state index in [0.717, 1.165) is 27.0 Å². The quantitative estimate of drug-likeness (QED) is 0.546. The Morgan fingerprint density at radius 1 is 0.966 bits per heavy atom. The van der Waals surface area contributed by atoms with Crippen molar-refractivity contribution in [1.82, 2.24) is 0 Å². The first-order valence-corrected chi connectivity index (χ1v) is 9.54. The van der Waals surface area contributed by atoms with Crippen molar-refractivity contribution < 1.29 is 18.4 Å². The van der Waals surface area contributed by atoms with E-state index in [-0.39, 0.29) is 5.82 Å². The summed E-state index contributed by atoms with van der Waals surface area (Å²) in [6.45, 7) is 1.50. The molecule has 0 aliphatic carbocycles. The first-order chi connectivity index (χ1) is 14.2. The summed E-state index contributed by atoms with van der Waals surface area (Å²) in [5, 5.41) is 0.866. The monoisotopic (exact) mass is 388 g/mol. The molecule has 0 saturated heterocycles. The first-order valence-electron chi connectivity index (χ1n) is 9.54. The minimum absolute atomic E-state index is 0.221. The fourth-order valence-corrected chi connectivity index (χ4v) is 3.93. The number of hydrogen-bond acceptors (Lipinski definition) is 3. The van der Waals surface area contributed by atoms with Gasteiger partial charge in [0, 0.05) is 17.0 Å². The molecule has 0 bridgehead atoms. The maximum absolute atomic E-state index is 14.1. The lowest BCUT2D eigenvalue weighted by Crippen LogP contribution is -3.11. The van der Waals surface area contributed by atoms with Gasteiger partial charge in [0.25, 0.3) is 0 Å². The largest absolute Gasteiger partial charge is 0.445 e. The van der Waals surface area contributed by atoms with Gasteiger partial charge in [0.05, 0.1) is 5.56 Å². The maximum atomic E-state index is 14.1. The number of halogens is 1. The van der Waals surface area contributed by atoms with Crippen LogP contribution in [0, 0.1) is 5.82 Å². The molecular formula is C24H19FNO3+. The molecule has 1 atom stereocenters. The number of nitrogens with one attached hydrogen (secondary N) is 1. The third-order valence-corrected chi connectivity index (χ3v) is 5.31. The molecule has 5 rings (SSSR count). The fraction of sp³-hybridized carbons (Fsp3) is 0.125. The highest BCUT2D eigenvalue weighted by molar-refractivity contribution is 5.95. The molecule has 4 aromatic rings. The van der Waals surface area contributed by atoms with Gasteiger partial charge in [-0.15, -0.1) is 0 Å². The zero-order chi connectivity index (χ0) is 19.8. The van der Waals surface area contributed by atoms with Crippen LogP contribution in [0.5, 0.6) is 5.75 Å². The molecule has 3 aromatic carbocycles. The van der Waals surface area contributed by atoms with Crippen LogP contribution >= 0.6 is 0 Å². The molecule has 1 aliphatic heterocycles. The van der Waals surface area contributed by atoms with Crippen molar-refractivity contribution in [2.24, 2.45) is 0 Å². The van der Waals surface area contributed by atoms with Crippen molar-refractivity contribution in [3.05, 3.63) is 100 Å². The highest BCUT2D eigenvalue weighted by atomic mass is 19.1. The Kier molecular flexibility index (Phi) is 4.37. The van der Waals surface area contributed by atoms with E-state index in [4.69, 9.17) is 9.15 Å². The molecule has 144 valence electrons. The van der Waals surface area contributed by atoms with Crippen LogP contribution in [0.25, 0.3) is 22.1 Å². The lowest BCUT2D eigenvalue weighted by molar-refractivity contribution is -0.945. The maximum Gasteiger partial charge on any atom is 0.336 e. The van der Waals surface area contributed by atoms with Gasteiger partial charge in [0.15, 0.2) is 5.58 Å². The first kappa shape index (κ1) is 17.6. The fourth-order valence-electron chi connectivity index (χ4n) is 3.93. The van der Waals surface area contributed by atoms with Crippen molar-refractivity contribution in [2.75, 3.05) is 6.73 Å². The van der Waals surface area contributed by atoms with E-state index in [2.05, 4.69) is 0 Å². The van der Waals surface area contributed by atoms with Gasteiger partial charge in [-0.05, 0) is 29.3 Å². The predicted molar refractivity (Wildman–Crippen MR) is 108 cm³/mol. The third-order valence-electron chi connectivity index (χ3n) is 5.31. The van der Waals surface area contributed by atoms with E-state index < -0.39 is 5.63 Å². The molecule has 1 N–H and O–H groups in total. The summed E-state index contributed by atoms with van der Waals surface area (Å²) in [6.07, 6.45) is 0. The highest BCUT2D eigenvalue weighted by Gasteiger charge is 2.26. The summed E-state index contributed by atoms with van der Waals surface area (Å²) >= 11 is 0. The van der Waals surface area contributed by atoms with Crippen LogP contribution in [0.15, 0.2) is 82.0 Å². The summed E-state index contributed by atoms with van der Waals surface area (Å²) in [7, 11) is 0. The summed E-state index contributed by atoms with van der Waals surface area (Å²) in [5.41, 5.74) is 3.42. The zero-order valence-corrected chi connectivity index (χ0v) is 15.7. The van der Waals surface area contributed by atoms with Crippen molar-refractivity contribution in [3.8, 4) is 16.9 Å². The van der Waals surface area contributed by atoms with Gasteiger partial charge < -0.3 is 9.15 Å². The molecule has 0 spiro atoms. The molecule has 1 aromatic heterocycles. The molecule has 0 amide bonds. The number of quaternary nitrogens is 1. The van der Waals surface area contributed by atoms with Gasteiger partial charge in [0.2, 0.25) is 6.73 Å². The van der Waals surface area contributed by atoms with Gasteiger partial charge in [0.1, 0.15) is 24.7 Å². The lowest BCUT2D eigenvalue weighted by Gasteiger charge is -2.26. The standard InChI is InChI=1S/C24H18FNO3/c25-21-9-5-4-8-17(21)13-26-14-20-22(28-15-26)11-10-18-19(12-23(27)29-24(18)20)16-6-2-1-3-7-16/h1-12H,13-15H2/p+1. The summed E-state index contributed by atoms with van der Waals surface area (Å²) < 4.78 is 25.6. The Hall–Kier alpha value is -3.44. The SMILES string of the molecule is O=c1cc(-c2ccccc2)c2ccc3c(c2o1)C[NH+](Cc1ccccc1F)CO3. The smallest absolute Gasteiger partial charge is 0.336 e. The molecule has 1 unspecified atom stereocenters. The average Bonchev–Trinajstić information content (AvgIpc) is 2.75. The second kappa shape index (κ2) is 7.18. The Balaban J connectivity index is 1.58. The zero-order valence-electron chi connectivity index (χ0n) is 15.7. The molecule has 29 heavy (non-hydrogen) atoms. The van der Waals surface area contributed by atoms with Crippen LogP contribution in [-0.2, 0) is 13.1 Å². The van der Waals surface area contributed by atoms with Gasteiger partial charge in [-0.2, -0.15) is 0 Å². The second-order valence-electron chi connectivity index (χ2n) is 7.25. The number of benzene rings is 3. The normalized spacial score (nSPS) is 15.7. The molecule has 0 saturated carbocycles. The molecule has 2 heterocycles. The van der Waals surface area contributed by atoms with Gasteiger partial charge in [-0.25, -0.2) is 9.18 Å². The van der Waals surface area contributed by atoms with Crippen LogP contribution in [0.4, 0.5) is 4.39 Å². The number of hydrogen-bond donors (Lipinski definition) is 1. The van der Waals surface area contributed by atoms with E-state index in [1.165, 1.54) is 12.1 Å². The summed E-state index contributed by atoms with van der Waals surface area (Å²) in [5.74, 6) is 0.491. The van der Waals surface area contributed by atoms with Gasteiger partial charge >= 0.3 is 5.63 Å². The lowest BCUT2D eigenvalue weighted by atomic mass is 9.99. The minimum atomic E-state index is -0.397. The van der Waals surface area contributed by atoms with E-state index in [0.29, 0.717) is 36.7 Å². The molecular weight excluding hydrogens is 369 g/mol. The third kappa shape index (κ3) is 3.30. The molecule has 4 nitrogen and oxygen atoms in total. The van der Waals surface area contributed by atoms with Crippen molar-refractivity contribution in [2.45, 2.75) is 13.1 Å². The Morgan fingerprint density at radius 2 is 1.76 bits per heavy atom. The van der Waals surface area contributed by atoms with Gasteiger partial charge in [-0.1, -0.05) is 48.5 Å². The molecule has 0 fully saturated rings. The Bertz CT molecular complexity index is 1250. The molecule has 0 radical (unpaired) electrons. The minimum Gasteiger partial charge on any atom is -0.445 e. The van der Waals surface area contributed by atoms with E-state index >= 15 is 0 Å². The van der Waals surface area contributed by atoms with Crippen molar-refractivity contribution in [1.29, 1.82) is 0 Å². The predicted octanol–water partition coefficient (Wildman–Crippen LogP) is 3.53. The second-order valence-corrected chi connectivity index (χ2v) is 7.25.